The van der Waals surface area contributed by atoms with Crippen LogP contribution >= 0.6 is 0 Å². The molecule has 1 N–H and O–H groups in total. The number of phenols is 1. The summed E-state index contributed by atoms with van der Waals surface area (Å²) < 4.78 is 5.55. The average Bonchev–Trinajstić information content (AvgIpc) is 2.42. The second-order valence-corrected chi connectivity index (χ2v) is 6.13. The van der Waals surface area contributed by atoms with Gasteiger partial charge in [-0.15, -0.1) is 0 Å². The Balaban J connectivity index is 2.57. The highest BCUT2D eigenvalue weighted by Crippen LogP contribution is 2.39. The molecule has 0 atom stereocenters. The smallest absolute Gasteiger partial charge is 0.130 e. The van der Waals surface area contributed by atoms with Gasteiger partial charge in [-0.25, -0.2) is 0 Å². The van der Waals surface area contributed by atoms with Crippen molar-refractivity contribution in [1.29, 1.82) is 0 Å². The zero-order valence-electron chi connectivity index (χ0n) is 12.9. The van der Waals surface area contributed by atoms with Crippen molar-refractivity contribution in [3.8, 4) is 11.5 Å². The molecule has 110 valence electrons. The Hall–Kier alpha value is -2.22. The lowest BCUT2D eigenvalue weighted by Gasteiger charge is -2.26. The van der Waals surface area contributed by atoms with E-state index < -0.39 is 0 Å². The topological polar surface area (TPSA) is 29.5 Å². The SMILES string of the molecule is C=COc1ccc(O)c(Cc2ccccc2)c1C(C)(C)C. The molecule has 0 saturated heterocycles. The first kappa shape index (κ1) is 15.2. The lowest BCUT2D eigenvalue weighted by molar-refractivity contribution is 0.436. The van der Waals surface area contributed by atoms with E-state index in [4.69, 9.17) is 4.74 Å². The van der Waals surface area contributed by atoms with Gasteiger partial charge in [0.25, 0.3) is 0 Å². The summed E-state index contributed by atoms with van der Waals surface area (Å²) in [6, 6.07) is 13.6. The average molecular weight is 282 g/mol. The summed E-state index contributed by atoms with van der Waals surface area (Å²) in [5.41, 5.74) is 2.95. The molecule has 0 spiro atoms. The summed E-state index contributed by atoms with van der Waals surface area (Å²) in [5.74, 6) is 1.06. The van der Waals surface area contributed by atoms with Crippen molar-refractivity contribution in [2.24, 2.45) is 0 Å². The maximum absolute atomic E-state index is 10.3. The first-order valence-electron chi connectivity index (χ1n) is 7.10. The molecule has 0 aliphatic carbocycles. The predicted molar refractivity (Wildman–Crippen MR) is 86.9 cm³/mol. The highest BCUT2D eigenvalue weighted by Gasteiger charge is 2.25. The summed E-state index contributed by atoms with van der Waals surface area (Å²) in [5, 5.41) is 10.3. The van der Waals surface area contributed by atoms with Crippen LogP contribution in [0.15, 0.2) is 55.3 Å². The minimum absolute atomic E-state index is 0.138. The number of ether oxygens (including phenoxy) is 1. The molecule has 0 aliphatic heterocycles. The minimum atomic E-state index is -0.138. The molecule has 2 rings (SSSR count). The van der Waals surface area contributed by atoms with Crippen LogP contribution in [0.25, 0.3) is 0 Å². The molecule has 0 amide bonds. The molecule has 0 unspecified atom stereocenters. The third-order valence-corrected chi connectivity index (χ3v) is 3.43. The van der Waals surface area contributed by atoms with Crippen LogP contribution in [0.3, 0.4) is 0 Å². The van der Waals surface area contributed by atoms with E-state index >= 15 is 0 Å². The van der Waals surface area contributed by atoms with Crippen LogP contribution < -0.4 is 4.74 Å². The predicted octanol–water partition coefficient (Wildman–Crippen LogP) is 4.80. The normalized spacial score (nSPS) is 11.2. The van der Waals surface area contributed by atoms with Crippen molar-refractivity contribution < 1.29 is 9.84 Å². The van der Waals surface area contributed by atoms with Crippen LogP contribution in [-0.2, 0) is 11.8 Å². The third-order valence-electron chi connectivity index (χ3n) is 3.43. The zero-order chi connectivity index (χ0) is 15.5. The second-order valence-electron chi connectivity index (χ2n) is 6.13. The lowest BCUT2D eigenvalue weighted by Crippen LogP contribution is -2.16. The van der Waals surface area contributed by atoms with Crippen LogP contribution in [0.2, 0.25) is 0 Å². The highest BCUT2D eigenvalue weighted by atomic mass is 16.5. The Morgan fingerprint density at radius 2 is 1.76 bits per heavy atom. The number of rotatable bonds is 4. The molecule has 2 nitrogen and oxygen atoms in total. The lowest BCUT2D eigenvalue weighted by atomic mass is 9.81. The molecule has 2 heteroatoms. The van der Waals surface area contributed by atoms with Gasteiger partial charge in [-0.05, 0) is 23.1 Å². The van der Waals surface area contributed by atoms with Gasteiger partial charge in [-0.1, -0.05) is 57.7 Å². The molecular formula is C19H22O2. The van der Waals surface area contributed by atoms with Crippen molar-refractivity contribution in [3.05, 3.63) is 72.0 Å². The van der Waals surface area contributed by atoms with Gasteiger partial charge in [-0.2, -0.15) is 0 Å². The van der Waals surface area contributed by atoms with E-state index in [1.54, 1.807) is 12.1 Å². The van der Waals surface area contributed by atoms with Gasteiger partial charge in [0, 0.05) is 17.5 Å². The molecule has 0 heterocycles. The summed E-state index contributed by atoms with van der Waals surface area (Å²) in [6.07, 6.45) is 2.10. The van der Waals surface area contributed by atoms with Crippen LogP contribution in [0, 0.1) is 0 Å². The van der Waals surface area contributed by atoms with Crippen molar-refractivity contribution >= 4 is 0 Å². The molecule has 0 aliphatic rings. The summed E-state index contributed by atoms with van der Waals surface area (Å²) in [4.78, 5) is 0. The van der Waals surface area contributed by atoms with Crippen LogP contribution in [0.4, 0.5) is 0 Å². The van der Waals surface area contributed by atoms with Crippen molar-refractivity contribution in [2.75, 3.05) is 0 Å². The maximum atomic E-state index is 10.3. The first-order chi connectivity index (χ1) is 9.93. The summed E-state index contributed by atoms with van der Waals surface area (Å²) >= 11 is 0. The monoisotopic (exact) mass is 282 g/mol. The molecular weight excluding hydrogens is 260 g/mol. The van der Waals surface area contributed by atoms with Gasteiger partial charge >= 0.3 is 0 Å². The van der Waals surface area contributed by atoms with Crippen LogP contribution in [0.5, 0.6) is 11.5 Å². The Morgan fingerprint density at radius 1 is 1.10 bits per heavy atom. The molecule has 2 aromatic carbocycles. The summed E-state index contributed by atoms with van der Waals surface area (Å²) in [6.45, 7) is 9.98. The van der Waals surface area contributed by atoms with Gasteiger partial charge < -0.3 is 9.84 Å². The fraction of sp³-hybridized carbons (Fsp3) is 0.263. The Bertz CT molecular complexity index is 622. The van der Waals surface area contributed by atoms with Crippen LogP contribution in [-0.4, -0.2) is 5.11 Å². The van der Waals surface area contributed by atoms with Gasteiger partial charge in [-0.3, -0.25) is 0 Å². The molecule has 21 heavy (non-hydrogen) atoms. The first-order valence-corrected chi connectivity index (χ1v) is 7.10. The van der Waals surface area contributed by atoms with E-state index in [1.807, 2.05) is 18.2 Å². The van der Waals surface area contributed by atoms with E-state index in [9.17, 15) is 5.11 Å². The number of aromatic hydroxyl groups is 1. The summed E-state index contributed by atoms with van der Waals surface area (Å²) in [7, 11) is 0. The third kappa shape index (κ3) is 3.46. The van der Waals surface area contributed by atoms with Gasteiger partial charge in [0.05, 0.1) is 6.26 Å². The molecule has 0 saturated carbocycles. The van der Waals surface area contributed by atoms with E-state index in [0.29, 0.717) is 12.2 Å². The Kier molecular flexibility index (Phi) is 4.37. The van der Waals surface area contributed by atoms with Crippen molar-refractivity contribution in [3.63, 3.8) is 0 Å². The van der Waals surface area contributed by atoms with Gasteiger partial charge in [0.1, 0.15) is 11.5 Å². The van der Waals surface area contributed by atoms with Gasteiger partial charge in [0.15, 0.2) is 0 Å². The second kappa shape index (κ2) is 6.04. The number of hydrogen-bond donors (Lipinski definition) is 1. The number of hydrogen-bond acceptors (Lipinski definition) is 2. The molecule has 2 aromatic rings. The fourth-order valence-electron chi connectivity index (χ4n) is 2.60. The molecule has 0 fully saturated rings. The van der Waals surface area contributed by atoms with Crippen LogP contribution in [0.1, 0.15) is 37.5 Å². The highest BCUT2D eigenvalue weighted by molar-refractivity contribution is 5.53. The maximum Gasteiger partial charge on any atom is 0.130 e. The van der Waals surface area contributed by atoms with E-state index in [1.165, 1.54) is 6.26 Å². The number of benzene rings is 2. The van der Waals surface area contributed by atoms with E-state index in [2.05, 4.69) is 39.5 Å². The quantitative estimate of drug-likeness (QED) is 0.816. The molecule has 0 aromatic heterocycles. The Morgan fingerprint density at radius 3 is 2.33 bits per heavy atom. The number of phenolic OH excluding ortho intramolecular Hbond substituents is 1. The Labute approximate surface area is 126 Å². The molecule has 0 bridgehead atoms. The van der Waals surface area contributed by atoms with Crippen molar-refractivity contribution in [2.45, 2.75) is 32.6 Å². The standard InChI is InChI=1S/C19H22O2/c1-5-21-17-12-11-16(20)15(18(17)19(2,3)4)13-14-9-7-6-8-10-14/h5-12,20H,1,13H2,2-4H3. The molecule has 0 radical (unpaired) electrons. The van der Waals surface area contributed by atoms with E-state index in [-0.39, 0.29) is 5.41 Å². The van der Waals surface area contributed by atoms with Gasteiger partial charge in [0.2, 0.25) is 0 Å². The fourth-order valence-corrected chi connectivity index (χ4v) is 2.60. The van der Waals surface area contributed by atoms with E-state index in [0.717, 1.165) is 22.4 Å². The van der Waals surface area contributed by atoms with Crippen molar-refractivity contribution in [1.82, 2.24) is 0 Å². The minimum Gasteiger partial charge on any atom is -0.508 e. The largest absolute Gasteiger partial charge is 0.508 e. The zero-order valence-corrected chi connectivity index (χ0v) is 12.9.